The Morgan fingerprint density at radius 1 is 0.912 bits per heavy atom. The van der Waals surface area contributed by atoms with Crippen molar-refractivity contribution in [3.63, 3.8) is 0 Å². The first-order valence-corrected chi connectivity index (χ1v) is 11.6. The first-order valence-electron chi connectivity index (χ1n) is 10.8. The lowest BCUT2D eigenvalue weighted by atomic mass is 10.1. The van der Waals surface area contributed by atoms with E-state index in [0.717, 1.165) is 26.7 Å². The summed E-state index contributed by atoms with van der Waals surface area (Å²) < 4.78 is 23.9. The number of nitrogens with one attached hydrogen (secondary N) is 1. The number of hydrogen-bond donors (Lipinski definition) is 1. The molecule has 4 rings (SSSR count). The average Bonchev–Trinajstić information content (AvgIpc) is 3.27. The molecule has 0 aliphatic rings. The molecule has 0 spiro atoms. The van der Waals surface area contributed by atoms with E-state index in [1.807, 2.05) is 54.6 Å². The Morgan fingerprint density at radius 2 is 1.65 bits per heavy atom. The number of aromatic nitrogens is 1. The Labute approximate surface area is 203 Å². The number of fused-ring (bicyclic) bond motifs is 1. The maximum Gasteiger partial charge on any atom is 0.204 e. The molecule has 0 aliphatic carbocycles. The smallest absolute Gasteiger partial charge is 0.204 e. The van der Waals surface area contributed by atoms with Crippen molar-refractivity contribution in [2.45, 2.75) is 13.8 Å². The molecule has 1 N–H and O–H groups in total. The number of rotatable bonds is 10. The van der Waals surface area contributed by atoms with Crippen molar-refractivity contribution in [3.05, 3.63) is 71.3 Å². The monoisotopic (exact) mass is 477 g/mol. The summed E-state index contributed by atoms with van der Waals surface area (Å²) in [7, 11) is 3.18. The van der Waals surface area contributed by atoms with Gasteiger partial charge in [-0.2, -0.15) is 5.10 Å². The second-order valence-corrected chi connectivity index (χ2v) is 8.58. The number of anilines is 1. The molecule has 0 saturated heterocycles. The van der Waals surface area contributed by atoms with E-state index in [4.69, 9.17) is 18.9 Å². The van der Waals surface area contributed by atoms with Gasteiger partial charge < -0.3 is 18.9 Å². The molecule has 1 heterocycles. The normalized spacial score (nSPS) is 11.1. The van der Waals surface area contributed by atoms with Crippen molar-refractivity contribution in [2.24, 2.45) is 5.10 Å². The fraction of sp³-hybridized carbons (Fsp3) is 0.231. The lowest BCUT2D eigenvalue weighted by Gasteiger charge is -2.15. The Kier molecular flexibility index (Phi) is 7.49. The standard InChI is InChI=1S/C26H27N3O4S/c1-17-9-10-20(13-18(17)2)32-11-12-33-25-22(30-3)14-19(15-23(25)31-4)16-27-29-26-28-21-7-5-6-8-24(21)34-26/h5-10,13-16H,11-12H2,1-4H3,(H,28,29). The second kappa shape index (κ2) is 10.9. The van der Waals surface area contributed by atoms with Gasteiger partial charge in [0.2, 0.25) is 10.9 Å². The van der Waals surface area contributed by atoms with Crippen molar-refractivity contribution in [1.82, 2.24) is 4.98 Å². The van der Waals surface area contributed by atoms with Gasteiger partial charge in [-0.15, -0.1) is 0 Å². The molecule has 0 saturated carbocycles. The SMILES string of the molecule is COc1cc(C=NNc2nc3ccccc3s2)cc(OC)c1OCCOc1ccc(C)c(C)c1. The van der Waals surface area contributed by atoms with E-state index >= 15 is 0 Å². The minimum absolute atomic E-state index is 0.340. The summed E-state index contributed by atoms with van der Waals surface area (Å²) in [5.74, 6) is 2.43. The zero-order valence-electron chi connectivity index (χ0n) is 19.6. The number of ether oxygens (including phenoxy) is 4. The summed E-state index contributed by atoms with van der Waals surface area (Å²) in [5, 5.41) is 5.03. The number of para-hydroxylation sites is 1. The molecule has 8 heteroatoms. The summed E-state index contributed by atoms with van der Waals surface area (Å²) in [4.78, 5) is 4.51. The molecule has 0 bridgehead atoms. The zero-order valence-corrected chi connectivity index (χ0v) is 20.4. The van der Waals surface area contributed by atoms with Crippen molar-refractivity contribution in [1.29, 1.82) is 0 Å². The zero-order chi connectivity index (χ0) is 23.9. The predicted molar refractivity (Wildman–Crippen MR) is 137 cm³/mol. The van der Waals surface area contributed by atoms with Crippen molar-refractivity contribution in [2.75, 3.05) is 32.9 Å². The van der Waals surface area contributed by atoms with Crippen LogP contribution >= 0.6 is 11.3 Å². The lowest BCUT2D eigenvalue weighted by molar-refractivity contribution is 0.205. The van der Waals surface area contributed by atoms with Gasteiger partial charge >= 0.3 is 0 Å². The van der Waals surface area contributed by atoms with Gasteiger partial charge in [-0.1, -0.05) is 29.5 Å². The van der Waals surface area contributed by atoms with E-state index in [1.54, 1.807) is 31.8 Å². The quantitative estimate of drug-likeness (QED) is 0.176. The Balaban J connectivity index is 1.40. The van der Waals surface area contributed by atoms with Crippen LogP contribution in [-0.4, -0.2) is 38.6 Å². The van der Waals surface area contributed by atoms with Crippen LogP contribution in [0.15, 0.2) is 59.7 Å². The summed E-state index contributed by atoms with van der Waals surface area (Å²) in [6.45, 7) is 4.87. The van der Waals surface area contributed by atoms with Gasteiger partial charge in [-0.25, -0.2) is 4.98 Å². The van der Waals surface area contributed by atoms with Crippen molar-refractivity contribution >= 4 is 32.9 Å². The largest absolute Gasteiger partial charge is 0.493 e. The van der Waals surface area contributed by atoms with Gasteiger partial charge in [-0.3, -0.25) is 5.43 Å². The topological polar surface area (TPSA) is 74.2 Å². The molecule has 3 aromatic carbocycles. The molecule has 0 amide bonds. The van der Waals surface area contributed by atoms with Crippen LogP contribution in [0.4, 0.5) is 5.13 Å². The summed E-state index contributed by atoms with van der Waals surface area (Å²) in [5.41, 5.74) is 7.14. The highest BCUT2D eigenvalue weighted by Gasteiger charge is 2.14. The first-order chi connectivity index (χ1) is 16.6. The molecule has 0 unspecified atom stereocenters. The number of methoxy groups -OCH3 is 2. The molecule has 34 heavy (non-hydrogen) atoms. The van der Waals surface area contributed by atoms with Gasteiger partial charge in [0.25, 0.3) is 0 Å². The molecule has 0 radical (unpaired) electrons. The summed E-state index contributed by atoms with van der Waals surface area (Å²) in [6.07, 6.45) is 1.68. The highest BCUT2D eigenvalue weighted by atomic mass is 32.1. The predicted octanol–water partition coefficient (Wildman–Crippen LogP) is 5.83. The lowest BCUT2D eigenvalue weighted by Crippen LogP contribution is -2.10. The molecule has 0 fully saturated rings. The minimum atomic E-state index is 0.340. The van der Waals surface area contributed by atoms with Crippen LogP contribution in [0, 0.1) is 13.8 Å². The van der Waals surface area contributed by atoms with Gasteiger partial charge in [0.1, 0.15) is 19.0 Å². The molecule has 0 aliphatic heterocycles. The highest BCUT2D eigenvalue weighted by Crippen LogP contribution is 2.38. The third-order valence-electron chi connectivity index (χ3n) is 5.23. The van der Waals surface area contributed by atoms with E-state index in [-0.39, 0.29) is 0 Å². The molecule has 7 nitrogen and oxygen atoms in total. The fourth-order valence-electron chi connectivity index (χ4n) is 3.31. The van der Waals surface area contributed by atoms with E-state index in [9.17, 15) is 0 Å². The first kappa shape index (κ1) is 23.4. The van der Waals surface area contributed by atoms with Crippen LogP contribution < -0.4 is 24.4 Å². The molecule has 4 aromatic rings. The molecule has 176 valence electrons. The van der Waals surface area contributed by atoms with E-state index in [1.165, 1.54) is 11.1 Å². The Bertz CT molecular complexity index is 1240. The number of benzene rings is 3. The van der Waals surface area contributed by atoms with Crippen LogP contribution in [0.2, 0.25) is 0 Å². The van der Waals surface area contributed by atoms with Crippen LogP contribution in [0.5, 0.6) is 23.0 Å². The number of aryl methyl sites for hydroxylation is 2. The molecule has 0 atom stereocenters. The van der Waals surface area contributed by atoms with Crippen LogP contribution in [0.1, 0.15) is 16.7 Å². The van der Waals surface area contributed by atoms with Crippen LogP contribution in [0.3, 0.4) is 0 Å². The number of nitrogens with zero attached hydrogens (tertiary/aromatic N) is 2. The van der Waals surface area contributed by atoms with E-state index < -0.39 is 0 Å². The second-order valence-electron chi connectivity index (χ2n) is 7.55. The number of hydrazone groups is 1. The van der Waals surface area contributed by atoms with Crippen LogP contribution in [-0.2, 0) is 0 Å². The number of thiazole rings is 1. The van der Waals surface area contributed by atoms with E-state index in [2.05, 4.69) is 29.4 Å². The van der Waals surface area contributed by atoms with Gasteiger partial charge in [-0.05, 0) is 61.4 Å². The molecular weight excluding hydrogens is 450 g/mol. The van der Waals surface area contributed by atoms with Gasteiger partial charge in [0, 0.05) is 5.56 Å². The maximum absolute atomic E-state index is 5.94. The number of hydrogen-bond acceptors (Lipinski definition) is 8. The summed E-state index contributed by atoms with van der Waals surface area (Å²) in [6, 6.07) is 17.7. The fourth-order valence-corrected chi connectivity index (χ4v) is 4.12. The average molecular weight is 478 g/mol. The Morgan fingerprint density at radius 3 is 2.35 bits per heavy atom. The Hall–Kier alpha value is -3.78. The molecular formula is C26H27N3O4S. The maximum atomic E-state index is 5.94. The van der Waals surface area contributed by atoms with Gasteiger partial charge in [0.15, 0.2) is 11.5 Å². The van der Waals surface area contributed by atoms with Crippen molar-refractivity contribution < 1.29 is 18.9 Å². The summed E-state index contributed by atoms with van der Waals surface area (Å²) >= 11 is 1.54. The molecule has 1 aromatic heterocycles. The van der Waals surface area contributed by atoms with Crippen LogP contribution in [0.25, 0.3) is 10.2 Å². The van der Waals surface area contributed by atoms with Crippen molar-refractivity contribution in [3.8, 4) is 23.0 Å². The minimum Gasteiger partial charge on any atom is -0.493 e. The third-order valence-corrected chi connectivity index (χ3v) is 6.17. The highest BCUT2D eigenvalue weighted by molar-refractivity contribution is 7.22. The van der Waals surface area contributed by atoms with E-state index in [0.29, 0.717) is 30.5 Å². The third kappa shape index (κ3) is 5.58. The van der Waals surface area contributed by atoms with Gasteiger partial charge in [0.05, 0.1) is 30.7 Å².